The summed E-state index contributed by atoms with van der Waals surface area (Å²) in [5.74, 6) is 0.766. The lowest BCUT2D eigenvalue weighted by molar-refractivity contribution is -0.115. The van der Waals surface area contributed by atoms with Gasteiger partial charge in [0.05, 0.1) is 5.75 Å². The lowest BCUT2D eigenvalue weighted by Gasteiger charge is -2.23. The molecule has 1 atom stereocenters. The molecule has 1 aliphatic rings. The van der Waals surface area contributed by atoms with Gasteiger partial charge in [-0.3, -0.25) is 9.69 Å². The van der Waals surface area contributed by atoms with E-state index < -0.39 is 0 Å². The molecule has 0 saturated carbocycles. The van der Waals surface area contributed by atoms with E-state index in [-0.39, 0.29) is 11.3 Å². The molecule has 98 valence electrons. The van der Waals surface area contributed by atoms with Gasteiger partial charge in [0.1, 0.15) is 5.37 Å². The normalized spacial score (nSPS) is 19.2. The van der Waals surface area contributed by atoms with Crippen LogP contribution in [0.5, 0.6) is 0 Å². The zero-order valence-electron chi connectivity index (χ0n) is 10.9. The Morgan fingerprint density at radius 2 is 2.05 bits per heavy atom. The Balaban J connectivity index is 2.00. The molecule has 4 heteroatoms. The molecule has 1 aromatic heterocycles. The first-order chi connectivity index (χ1) is 9.16. The molecule has 1 aliphatic heterocycles. The van der Waals surface area contributed by atoms with E-state index in [4.69, 9.17) is 0 Å². The number of carbonyl (C=O) groups is 1. The summed E-state index contributed by atoms with van der Waals surface area (Å²) < 4.78 is 0. The molecule has 0 aliphatic carbocycles. The van der Waals surface area contributed by atoms with Crippen LogP contribution in [0.3, 0.4) is 0 Å². The zero-order chi connectivity index (χ0) is 13.4. The highest BCUT2D eigenvalue weighted by Gasteiger charge is 2.34. The second kappa shape index (κ2) is 5.02. The lowest BCUT2D eigenvalue weighted by atomic mass is 10.1. The van der Waals surface area contributed by atoms with Gasteiger partial charge in [-0.15, -0.1) is 23.1 Å². The molecule has 0 spiro atoms. The number of hydrogen-bond donors (Lipinski definition) is 0. The molecule has 1 unspecified atom stereocenters. The van der Waals surface area contributed by atoms with Gasteiger partial charge < -0.3 is 0 Å². The third-order valence-corrected chi connectivity index (χ3v) is 5.69. The number of anilines is 1. The smallest absolute Gasteiger partial charge is 0.238 e. The van der Waals surface area contributed by atoms with Crippen LogP contribution in [-0.4, -0.2) is 11.7 Å². The Hall–Kier alpha value is -1.26. The van der Waals surface area contributed by atoms with E-state index in [0.717, 1.165) is 5.69 Å². The Bertz CT molecular complexity index is 607. The van der Waals surface area contributed by atoms with E-state index in [9.17, 15) is 4.79 Å². The van der Waals surface area contributed by atoms with E-state index in [0.29, 0.717) is 5.75 Å². The predicted octanol–water partition coefficient (Wildman–Crippen LogP) is 4.14. The van der Waals surface area contributed by atoms with E-state index >= 15 is 0 Å². The maximum absolute atomic E-state index is 12.2. The Morgan fingerprint density at radius 1 is 1.21 bits per heavy atom. The van der Waals surface area contributed by atoms with Crippen LogP contribution < -0.4 is 4.90 Å². The fraction of sp³-hybridized carbons (Fsp3) is 0.267. The summed E-state index contributed by atoms with van der Waals surface area (Å²) in [6, 6.07) is 10.4. The fourth-order valence-corrected chi connectivity index (χ4v) is 4.36. The Labute approximate surface area is 121 Å². The van der Waals surface area contributed by atoms with E-state index in [1.807, 2.05) is 17.0 Å². The van der Waals surface area contributed by atoms with Crippen LogP contribution in [0.1, 0.15) is 21.4 Å². The van der Waals surface area contributed by atoms with Crippen molar-refractivity contribution in [2.75, 3.05) is 10.7 Å². The third kappa shape index (κ3) is 2.30. The van der Waals surface area contributed by atoms with Crippen molar-refractivity contribution in [2.45, 2.75) is 19.2 Å². The first kappa shape index (κ1) is 12.8. The number of aryl methyl sites for hydroxylation is 2. The lowest BCUT2D eigenvalue weighted by Crippen LogP contribution is -2.27. The zero-order valence-corrected chi connectivity index (χ0v) is 12.6. The van der Waals surface area contributed by atoms with Crippen LogP contribution in [0.2, 0.25) is 0 Å². The minimum atomic E-state index is 0.134. The molecule has 2 aromatic rings. The van der Waals surface area contributed by atoms with Gasteiger partial charge in [-0.05, 0) is 48.6 Å². The fourth-order valence-electron chi connectivity index (χ4n) is 2.22. The molecule has 19 heavy (non-hydrogen) atoms. The molecular weight excluding hydrogens is 274 g/mol. The van der Waals surface area contributed by atoms with Crippen LogP contribution in [0, 0.1) is 13.8 Å². The van der Waals surface area contributed by atoms with Crippen molar-refractivity contribution in [3.63, 3.8) is 0 Å². The van der Waals surface area contributed by atoms with Crippen molar-refractivity contribution in [3.05, 3.63) is 51.7 Å². The largest absolute Gasteiger partial charge is 0.294 e. The molecule has 0 bridgehead atoms. The summed E-state index contributed by atoms with van der Waals surface area (Å²) in [6.45, 7) is 4.18. The van der Waals surface area contributed by atoms with E-state index in [2.05, 4.69) is 37.4 Å². The molecule has 1 amide bonds. The van der Waals surface area contributed by atoms with Crippen LogP contribution >= 0.6 is 23.1 Å². The number of carbonyl (C=O) groups excluding carboxylic acids is 1. The van der Waals surface area contributed by atoms with Gasteiger partial charge in [0.25, 0.3) is 0 Å². The minimum Gasteiger partial charge on any atom is -0.294 e. The summed E-state index contributed by atoms with van der Waals surface area (Å²) in [6.07, 6.45) is 0. The molecular formula is C15H15NOS2. The second-order valence-corrected chi connectivity index (χ2v) is 6.76. The van der Waals surface area contributed by atoms with E-state index in [1.54, 1.807) is 23.1 Å². The Morgan fingerprint density at radius 3 is 2.74 bits per heavy atom. The molecule has 2 heterocycles. The summed E-state index contributed by atoms with van der Waals surface area (Å²) in [5.41, 5.74) is 3.50. The standard InChI is InChI=1S/C15H15NOS2/c1-10-5-6-12(8-11(10)2)16-14(17)9-19-15(16)13-4-3-7-18-13/h3-8,15H,9H2,1-2H3. The summed E-state index contributed by atoms with van der Waals surface area (Å²) in [5, 5.41) is 2.20. The van der Waals surface area contributed by atoms with Gasteiger partial charge in [-0.25, -0.2) is 0 Å². The highest BCUT2D eigenvalue weighted by atomic mass is 32.2. The SMILES string of the molecule is Cc1ccc(N2C(=O)CSC2c2cccs2)cc1C. The van der Waals surface area contributed by atoms with Crippen molar-refractivity contribution >= 4 is 34.7 Å². The average Bonchev–Trinajstić information content (AvgIpc) is 3.01. The summed E-state index contributed by atoms with van der Waals surface area (Å²) in [4.78, 5) is 15.4. The topological polar surface area (TPSA) is 20.3 Å². The maximum Gasteiger partial charge on any atom is 0.238 e. The van der Waals surface area contributed by atoms with Gasteiger partial charge >= 0.3 is 0 Å². The maximum atomic E-state index is 12.2. The molecule has 1 fully saturated rings. The summed E-state index contributed by atoms with van der Waals surface area (Å²) >= 11 is 3.42. The van der Waals surface area contributed by atoms with Gasteiger partial charge in [0, 0.05) is 10.6 Å². The molecule has 1 aromatic carbocycles. The molecule has 0 radical (unpaired) electrons. The third-order valence-electron chi connectivity index (χ3n) is 3.42. The van der Waals surface area contributed by atoms with Gasteiger partial charge in [0.2, 0.25) is 5.91 Å². The number of thiophene rings is 1. The first-order valence-electron chi connectivity index (χ1n) is 6.21. The molecule has 1 saturated heterocycles. The average molecular weight is 289 g/mol. The molecule has 0 N–H and O–H groups in total. The van der Waals surface area contributed by atoms with Crippen LogP contribution in [0.4, 0.5) is 5.69 Å². The number of rotatable bonds is 2. The van der Waals surface area contributed by atoms with Crippen molar-refractivity contribution in [1.82, 2.24) is 0 Å². The monoisotopic (exact) mass is 289 g/mol. The predicted molar refractivity (Wildman–Crippen MR) is 82.9 cm³/mol. The summed E-state index contributed by atoms with van der Waals surface area (Å²) in [7, 11) is 0. The van der Waals surface area contributed by atoms with Gasteiger partial charge in [-0.2, -0.15) is 0 Å². The van der Waals surface area contributed by atoms with Crippen LogP contribution in [0.25, 0.3) is 0 Å². The van der Waals surface area contributed by atoms with Crippen molar-refractivity contribution in [1.29, 1.82) is 0 Å². The highest BCUT2D eigenvalue weighted by molar-refractivity contribution is 8.01. The van der Waals surface area contributed by atoms with Crippen molar-refractivity contribution in [2.24, 2.45) is 0 Å². The quantitative estimate of drug-likeness (QED) is 0.828. The molecule has 2 nitrogen and oxygen atoms in total. The number of amides is 1. The van der Waals surface area contributed by atoms with Crippen LogP contribution in [-0.2, 0) is 4.79 Å². The first-order valence-corrected chi connectivity index (χ1v) is 8.14. The van der Waals surface area contributed by atoms with Gasteiger partial charge in [-0.1, -0.05) is 12.1 Å². The second-order valence-electron chi connectivity index (χ2n) is 4.71. The van der Waals surface area contributed by atoms with Crippen molar-refractivity contribution < 1.29 is 4.79 Å². The highest BCUT2D eigenvalue weighted by Crippen LogP contribution is 2.43. The minimum absolute atomic E-state index is 0.134. The van der Waals surface area contributed by atoms with Gasteiger partial charge in [0.15, 0.2) is 0 Å². The number of thioether (sulfide) groups is 1. The number of hydrogen-bond acceptors (Lipinski definition) is 3. The Kier molecular flexibility index (Phi) is 3.37. The van der Waals surface area contributed by atoms with Crippen LogP contribution in [0.15, 0.2) is 35.7 Å². The van der Waals surface area contributed by atoms with Crippen molar-refractivity contribution in [3.8, 4) is 0 Å². The number of nitrogens with zero attached hydrogens (tertiary/aromatic N) is 1. The number of benzene rings is 1. The van der Waals surface area contributed by atoms with E-state index in [1.165, 1.54) is 16.0 Å². The molecule has 3 rings (SSSR count).